The van der Waals surface area contributed by atoms with Crippen molar-refractivity contribution < 1.29 is 9.59 Å². The SMILES string of the molecule is O=C(CCCCCN1C(=O)/C(=C\c2cccs2)SC1=S)Nc1ccccc1Br. The number of halogens is 1. The number of para-hydroxylation sites is 1. The number of carbonyl (C=O) groups is 2. The lowest BCUT2D eigenvalue weighted by molar-refractivity contribution is -0.122. The highest BCUT2D eigenvalue weighted by atomic mass is 79.9. The van der Waals surface area contributed by atoms with Crippen LogP contribution in [-0.2, 0) is 9.59 Å². The quantitative estimate of drug-likeness (QED) is 0.281. The van der Waals surface area contributed by atoms with Crippen molar-refractivity contribution in [3.63, 3.8) is 0 Å². The summed E-state index contributed by atoms with van der Waals surface area (Å²) in [5.41, 5.74) is 0.780. The van der Waals surface area contributed by atoms with Crippen LogP contribution in [0.5, 0.6) is 0 Å². The molecule has 0 bridgehead atoms. The average Bonchev–Trinajstić information content (AvgIpc) is 3.27. The van der Waals surface area contributed by atoms with Crippen molar-refractivity contribution in [3.05, 3.63) is 56.0 Å². The summed E-state index contributed by atoms with van der Waals surface area (Å²) in [6.45, 7) is 0.596. The van der Waals surface area contributed by atoms with Crippen molar-refractivity contribution in [2.24, 2.45) is 0 Å². The van der Waals surface area contributed by atoms with Crippen molar-refractivity contribution in [1.82, 2.24) is 4.90 Å². The van der Waals surface area contributed by atoms with Crippen LogP contribution in [-0.4, -0.2) is 27.6 Å². The molecule has 1 aromatic heterocycles. The molecule has 0 atom stereocenters. The van der Waals surface area contributed by atoms with Gasteiger partial charge in [0.15, 0.2) is 0 Å². The van der Waals surface area contributed by atoms with Gasteiger partial charge in [0, 0.05) is 22.3 Å². The Hall–Kier alpha value is -1.48. The lowest BCUT2D eigenvalue weighted by atomic mass is 10.1. The molecule has 0 radical (unpaired) electrons. The van der Waals surface area contributed by atoms with E-state index in [9.17, 15) is 9.59 Å². The lowest BCUT2D eigenvalue weighted by Crippen LogP contribution is -2.29. The molecule has 2 amide bonds. The Kier molecular flexibility index (Phi) is 7.84. The van der Waals surface area contributed by atoms with E-state index in [1.165, 1.54) is 11.8 Å². The van der Waals surface area contributed by atoms with E-state index in [1.54, 1.807) is 16.2 Å². The Labute approximate surface area is 186 Å². The van der Waals surface area contributed by atoms with E-state index in [0.29, 0.717) is 22.2 Å². The summed E-state index contributed by atoms with van der Waals surface area (Å²) in [6.07, 6.45) is 4.82. The Balaban J connectivity index is 1.39. The van der Waals surface area contributed by atoms with E-state index in [1.807, 2.05) is 47.9 Å². The largest absolute Gasteiger partial charge is 0.325 e. The Morgan fingerprint density at radius 1 is 1.18 bits per heavy atom. The van der Waals surface area contributed by atoms with Crippen LogP contribution < -0.4 is 5.32 Å². The topological polar surface area (TPSA) is 49.4 Å². The molecule has 1 aliphatic rings. The van der Waals surface area contributed by atoms with Crippen LogP contribution in [0.25, 0.3) is 6.08 Å². The summed E-state index contributed by atoms with van der Waals surface area (Å²) >= 11 is 11.7. The molecule has 146 valence electrons. The van der Waals surface area contributed by atoms with Crippen molar-refractivity contribution in [3.8, 4) is 0 Å². The lowest BCUT2D eigenvalue weighted by Gasteiger charge is -2.14. The van der Waals surface area contributed by atoms with E-state index in [2.05, 4.69) is 21.2 Å². The monoisotopic (exact) mass is 494 g/mol. The van der Waals surface area contributed by atoms with Gasteiger partial charge in [-0.05, 0) is 58.4 Å². The van der Waals surface area contributed by atoms with Gasteiger partial charge in [0.1, 0.15) is 4.32 Å². The fraction of sp³-hybridized carbons (Fsp3) is 0.250. The number of hydrogen-bond acceptors (Lipinski definition) is 5. The number of carbonyl (C=O) groups excluding carboxylic acids is 2. The zero-order chi connectivity index (χ0) is 19.9. The Morgan fingerprint density at radius 2 is 2.00 bits per heavy atom. The molecular formula is C20H19BrN2O2S3. The van der Waals surface area contributed by atoms with Crippen LogP contribution in [0.15, 0.2) is 51.2 Å². The maximum absolute atomic E-state index is 12.5. The molecule has 1 N–H and O–H groups in total. The molecule has 0 saturated carbocycles. The van der Waals surface area contributed by atoms with Crippen LogP contribution in [0.2, 0.25) is 0 Å². The zero-order valence-electron chi connectivity index (χ0n) is 15.0. The number of anilines is 1. The molecule has 1 fully saturated rings. The standard InChI is InChI=1S/C20H19BrN2O2S3/c21-15-8-3-4-9-16(15)22-18(24)10-2-1-5-11-23-19(25)17(28-20(23)26)13-14-7-6-12-27-14/h3-4,6-9,12-13H,1-2,5,10-11H2,(H,22,24)/b17-13+. The summed E-state index contributed by atoms with van der Waals surface area (Å²) in [5, 5.41) is 4.89. The third kappa shape index (κ3) is 5.76. The van der Waals surface area contributed by atoms with Crippen LogP contribution in [0, 0.1) is 0 Å². The van der Waals surface area contributed by atoms with E-state index in [-0.39, 0.29) is 11.8 Å². The molecule has 28 heavy (non-hydrogen) atoms. The first-order valence-corrected chi connectivity index (χ1v) is 11.8. The summed E-state index contributed by atoms with van der Waals surface area (Å²) in [7, 11) is 0. The first kappa shape index (κ1) is 21.2. The molecule has 4 nitrogen and oxygen atoms in total. The highest BCUT2D eigenvalue weighted by Crippen LogP contribution is 2.33. The van der Waals surface area contributed by atoms with Gasteiger partial charge in [0.25, 0.3) is 5.91 Å². The molecular weight excluding hydrogens is 476 g/mol. The normalized spacial score (nSPS) is 15.5. The summed E-state index contributed by atoms with van der Waals surface area (Å²) in [5.74, 6) is -0.0218. The predicted molar refractivity (Wildman–Crippen MR) is 125 cm³/mol. The smallest absolute Gasteiger partial charge is 0.266 e. The molecule has 0 unspecified atom stereocenters. The second-order valence-corrected chi connectivity index (χ2v) is 9.70. The number of nitrogens with one attached hydrogen (secondary N) is 1. The number of rotatable bonds is 8. The highest BCUT2D eigenvalue weighted by molar-refractivity contribution is 9.10. The van der Waals surface area contributed by atoms with Gasteiger partial charge in [-0.3, -0.25) is 14.5 Å². The van der Waals surface area contributed by atoms with Crippen molar-refractivity contribution >= 4 is 79.1 Å². The van der Waals surface area contributed by atoms with Crippen LogP contribution >= 0.6 is 51.2 Å². The van der Waals surface area contributed by atoms with Gasteiger partial charge < -0.3 is 5.32 Å². The van der Waals surface area contributed by atoms with Crippen LogP contribution in [0.1, 0.15) is 30.6 Å². The fourth-order valence-electron chi connectivity index (χ4n) is 2.70. The van der Waals surface area contributed by atoms with Gasteiger partial charge in [0.2, 0.25) is 5.91 Å². The second-order valence-electron chi connectivity index (χ2n) is 6.19. The second kappa shape index (κ2) is 10.3. The number of amides is 2. The van der Waals surface area contributed by atoms with Gasteiger partial charge in [-0.15, -0.1) is 11.3 Å². The Morgan fingerprint density at radius 3 is 2.75 bits per heavy atom. The number of thioether (sulfide) groups is 1. The van der Waals surface area contributed by atoms with E-state index < -0.39 is 0 Å². The third-order valence-electron chi connectivity index (χ3n) is 4.12. The minimum absolute atomic E-state index is 0.00334. The fourth-order valence-corrected chi connectivity index (χ4v) is 5.12. The number of hydrogen-bond donors (Lipinski definition) is 1. The van der Waals surface area contributed by atoms with Crippen LogP contribution in [0.4, 0.5) is 5.69 Å². The average molecular weight is 495 g/mol. The summed E-state index contributed by atoms with van der Waals surface area (Å²) in [6, 6.07) is 11.5. The number of benzene rings is 1. The molecule has 1 aromatic carbocycles. The minimum Gasteiger partial charge on any atom is -0.325 e. The molecule has 2 heterocycles. The molecule has 0 aliphatic carbocycles. The maximum Gasteiger partial charge on any atom is 0.266 e. The van der Waals surface area contributed by atoms with Gasteiger partial charge in [-0.25, -0.2) is 0 Å². The summed E-state index contributed by atoms with van der Waals surface area (Å²) < 4.78 is 1.48. The van der Waals surface area contributed by atoms with Crippen molar-refractivity contribution in [2.45, 2.75) is 25.7 Å². The first-order chi connectivity index (χ1) is 13.5. The van der Waals surface area contributed by atoms with Crippen LogP contribution in [0.3, 0.4) is 0 Å². The third-order valence-corrected chi connectivity index (χ3v) is 7.01. The number of thiophene rings is 1. The maximum atomic E-state index is 12.5. The number of unbranched alkanes of at least 4 members (excludes halogenated alkanes) is 2. The van der Waals surface area contributed by atoms with Crippen molar-refractivity contribution in [2.75, 3.05) is 11.9 Å². The summed E-state index contributed by atoms with van der Waals surface area (Å²) in [4.78, 5) is 28.0. The van der Waals surface area contributed by atoms with Gasteiger partial charge >= 0.3 is 0 Å². The van der Waals surface area contributed by atoms with E-state index >= 15 is 0 Å². The predicted octanol–water partition coefficient (Wildman–Crippen LogP) is 5.91. The molecule has 0 spiro atoms. The van der Waals surface area contributed by atoms with Gasteiger partial charge in [-0.1, -0.05) is 48.6 Å². The van der Waals surface area contributed by atoms with Gasteiger partial charge in [-0.2, -0.15) is 0 Å². The molecule has 8 heteroatoms. The number of thiocarbonyl (C=S) groups is 1. The minimum atomic E-state index is -0.0185. The zero-order valence-corrected chi connectivity index (χ0v) is 19.1. The molecule has 2 aromatic rings. The van der Waals surface area contributed by atoms with E-state index in [4.69, 9.17) is 12.2 Å². The van der Waals surface area contributed by atoms with Crippen molar-refractivity contribution in [1.29, 1.82) is 0 Å². The molecule has 1 saturated heterocycles. The number of nitrogens with zero attached hydrogens (tertiary/aromatic N) is 1. The Bertz CT molecular complexity index is 897. The highest BCUT2D eigenvalue weighted by Gasteiger charge is 2.31. The van der Waals surface area contributed by atoms with Gasteiger partial charge in [0.05, 0.1) is 10.6 Å². The molecule has 1 aliphatic heterocycles. The first-order valence-electron chi connectivity index (χ1n) is 8.88. The van der Waals surface area contributed by atoms with E-state index in [0.717, 1.165) is 34.3 Å². The molecule has 3 rings (SSSR count).